The first-order chi connectivity index (χ1) is 10.6. The highest BCUT2D eigenvalue weighted by molar-refractivity contribution is 5.69. The van der Waals surface area contributed by atoms with Gasteiger partial charge in [-0.05, 0) is 19.1 Å². The Morgan fingerprint density at radius 3 is 2.73 bits per heavy atom. The van der Waals surface area contributed by atoms with Crippen molar-refractivity contribution in [3.05, 3.63) is 58.1 Å². The van der Waals surface area contributed by atoms with E-state index in [4.69, 9.17) is 10.5 Å². The monoisotopic (exact) mass is 297 g/mol. The average molecular weight is 297 g/mol. The van der Waals surface area contributed by atoms with Gasteiger partial charge in [0.2, 0.25) is 0 Å². The Morgan fingerprint density at radius 1 is 1.32 bits per heavy atom. The van der Waals surface area contributed by atoms with E-state index in [1.54, 1.807) is 6.92 Å². The van der Waals surface area contributed by atoms with Crippen LogP contribution >= 0.6 is 0 Å². The fourth-order valence-electron chi connectivity index (χ4n) is 1.72. The fourth-order valence-corrected chi connectivity index (χ4v) is 1.72. The molecule has 22 heavy (non-hydrogen) atoms. The quantitative estimate of drug-likeness (QED) is 0.668. The Balaban J connectivity index is 2.31. The van der Waals surface area contributed by atoms with E-state index >= 15 is 0 Å². The lowest BCUT2D eigenvalue weighted by Gasteiger charge is -2.06. The zero-order chi connectivity index (χ0) is 15.9. The SMILES string of the molecule is CCOC(=O)Cn1cc(C#Cc2ccccc2)c(N)nc1=O. The highest BCUT2D eigenvalue weighted by Gasteiger charge is 2.08. The molecule has 112 valence electrons. The number of esters is 1. The van der Waals surface area contributed by atoms with E-state index in [0.717, 1.165) is 10.1 Å². The van der Waals surface area contributed by atoms with Crippen LogP contribution in [0.5, 0.6) is 0 Å². The topological polar surface area (TPSA) is 87.2 Å². The number of nitrogen functional groups attached to an aromatic ring is 1. The van der Waals surface area contributed by atoms with Crippen molar-refractivity contribution in [2.45, 2.75) is 13.5 Å². The molecule has 1 heterocycles. The molecule has 0 saturated heterocycles. The van der Waals surface area contributed by atoms with Gasteiger partial charge in [-0.15, -0.1) is 0 Å². The van der Waals surface area contributed by atoms with Gasteiger partial charge in [0.05, 0.1) is 12.2 Å². The summed E-state index contributed by atoms with van der Waals surface area (Å²) in [6.45, 7) is 1.72. The van der Waals surface area contributed by atoms with Gasteiger partial charge in [0, 0.05) is 11.8 Å². The average Bonchev–Trinajstić information content (AvgIpc) is 2.50. The van der Waals surface area contributed by atoms with Gasteiger partial charge < -0.3 is 10.5 Å². The molecular weight excluding hydrogens is 282 g/mol. The highest BCUT2D eigenvalue weighted by Crippen LogP contribution is 2.04. The van der Waals surface area contributed by atoms with Gasteiger partial charge in [0.15, 0.2) is 0 Å². The molecule has 0 aliphatic carbocycles. The largest absolute Gasteiger partial charge is 0.465 e. The van der Waals surface area contributed by atoms with Gasteiger partial charge in [0.25, 0.3) is 0 Å². The Morgan fingerprint density at radius 2 is 2.05 bits per heavy atom. The van der Waals surface area contributed by atoms with Gasteiger partial charge in [-0.3, -0.25) is 9.36 Å². The number of rotatable bonds is 3. The minimum atomic E-state index is -0.615. The van der Waals surface area contributed by atoms with Crippen molar-refractivity contribution in [1.82, 2.24) is 9.55 Å². The smallest absolute Gasteiger partial charge is 0.350 e. The molecule has 0 radical (unpaired) electrons. The summed E-state index contributed by atoms with van der Waals surface area (Å²) in [6, 6.07) is 9.33. The summed E-state index contributed by atoms with van der Waals surface area (Å²) >= 11 is 0. The van der Waals surface area contributed by atoms with Crippen LogP contribution in [0, 0.1) is 11.8 Å². The standard InChI is InChI=1S/C16H15N3O3/c1-2-22-14(20)11-19-10-13(15(17)18-16(19)21)9-8-12-6-4-3-5-7-12/h3-7,10H,2,11H2,1H3,(H2,17,18,21). The van der Waals surface area contributed by atoms with E-state index in [9.17, 15) is 9.59 Å². The summed E-state index contributed by atoms with van der Waals surface area (Å²) in [5, 5.41) is 0. The van der Waals surface area contributed by atoms with Crippen molar-refractivity contribution in [2.24, 2.45) is 0 Å². The van der Waals surface area contributed by atoms with Crippen molar-refractivity contribution in [1.29, 1.82) is 0 Å². The molecule has 0 bridgehead atoms. The van der Waals surface area contributed by atoms with Crippen LogP contribution in [0.4, 0.5) is 5.82 Å². The molecule has 1 aromatic carbocycles. The number of hydrogen-bond donors (Lipinski definition) is 1. The number of hydrogen-bond acceptors (Lipinski definition) is 5. The third-order valence-corrected chi connectivity index (χ3v) is 2.74. The number of aromatic nitrogens is 2. The van der Waals surface area contributed by atoms with E-state index < -0.39 is 11.7 Å². The summed E-state index contributed by atoms with van der Waals surface area (Å²) in [7, 11) is 0. The molecule has 6 heteroatoms. The number of benzene rings is 1. The molecule has 2 N–H and O–H groups in total. The Kier molecular flexibility index (Phi) is 4.94. The normalized spacial score (nSPS) is 9.68. The predicted octanol–water partition coefficient (Wildman–Crippen LogP) is 0.788. The van der Waals surface area contributed by atoms with Gasteiger partial charge in [-0.1, -0.05) is 30.0 Å². The maximum Gasteiger partial charge on any atom is 0.350 e. The molecule has 0 saturated carbocycles. The molecule has 0 fully saturated rings. The van der Waals surface area contributed by atoms with Crippen LogP contribution in [0.3, 0.4) is 0 Å². The molecule has 0 unspecified atom stereocenters. The van der Waals surface area contributed by atoms with Crippen LogP contribution in [-0.2, 0) is 16.1 Å². The Labute approximate surface area is 127 Å². The number of ether oxygens (including phenoxy) is 1. The molecule has 2 rings (SSSR count). The van der Waals surface area contributed by atoms with Crippen molar-refractivity contribution >= 4 is 11.8 Å². The van der Waals surface area contributed by atoms with Crippen molar-refractivity contribution in [3.63, 3.8) is 0 Å². The lowest BCUT2D eigenvalue weighted by atomic mass is 10.2. The third-order valence-electron chi connectivity index (χ3n) is 2.74. The number of nitrogens with two attached hydrogens (primary N) is 1. The maximum absolute atomic E-state index is 11.7. The number of anilines is 1. The summed E-state index contributed by atoms with van der Waals surface area (Å²) in [4.78, 5) is 26.9. The lowest BCUT2D eigenvalue weighted by Crippen LogP contribution is -2.28. The van der Waals surface area contributed by atoms with Gasteiger partial charge in [-0.25, -0.2) is 4.79 Å². The van der Waals surface area contributed by atoms with Crippen molar-refractivity contribution in [3.8, 4) is 11.8 Å². The number of carbonyl (C=O) groups is 1. The van der Waals surface area contributed by atoms with Crippen LogP contribution in [0.1, 0.15) is 18.1 Å². The van der Waals surface area contributed by atoms with E-state index in [-0.39, 0.29) is 19.0 Å². The molecule has 0 aliphatic heterocycles. The van der Waals surface area contributed by atoms with Crippen LogP contribution in [0.25, 0.3) is 0 Å². The second kappa shape index (κ2) is 7.09. The predicted molar refractivity (Wildman–Crippen MR) is 82.0 cm³/mol. The molecule has 2 aromatic rings. The summed E-state index contributed by atoms with van der Waals surface area (Å²) < 4.78 is 5.93. The molecule has 6 nitrogen and oxygen atoms in total. The van der Waals surface area contributed by atoms with E-state index in [1.165, 1.54) is 6.20 Å². The molecule has 0 aliphatic rings. The minimum Gasteiger partial charge on any atom is -0.465 e. The van der Waals surface area contributed by atoms with Crippen LogP contribution in [-0.4, -0.2) is 22.1 Å². The molecule has 0 spiro atoms. The molecule has 0 atom stereocenters. The van der Waals surface area contributed by atoms with E-state index in [2.05, 4.69) is 16.8 Å². The summed E-state index contributed by atoms with van der Waals surface area (Å²) in [5.74, 6) is 5.30. The number of carbonyl (C=O) groups excluding carboxylic acids is 1. The second-order valence-corrected chi connectivity index (χ2v) is 4.37. The highest BCUT2D eigenvalue weighted by atomic mass is 16.5. The van der Waals surface area contributed by atoms with E-state index in [1.807, 2.05) is 30.3 Å². The molecule has 1 aromatic heterocycles. The molecular formula is C16H15N3O3. The third kappa shape index (κ3) is 3.96. The van der Waals surface area contributed by atoms with Crippen LogP contribution in [0.2, 0.25) is 0 Å². The first-order valence-corrected chi connectivity index (χ1v) is 6.69. The van der Waals surface area contributed by atoms with Gasteiger partial charge in [0.1, 0.15) is 12.4 Å². The van der Waals surface area contributed by atoms with Gasteiger partial charge in [-0.2, -0.15) is 4.98 Å². The van der Waals surface area contributed by atoms with Crippen LogP contribution < -0.4 is 11.4 Å². The zero-order valence-electron chi connectivity index (χ0n) is 12.1. The first kappa shape index (κ1) is 15.3. The Bertz CT molecular complexity index is 786. The second-order valence-electron chi connectivity index (χ2n) is 4.37. The van der Waals surface area contributed by atoms with Crippen molar-refractivity contribution < 1.29 is 9.53 Å². The fraction of sp³-hybridized carbons (Fsp3) is 0.188. The number of nitrogens with zero attached hydrogens (tertiary/aromatic N) is 2. The Hall–Kier alpha value is -3.07. The van der Waals surface area contributed by atoms with Crippen LogP contribution in [0.15, 0.2) is 41.3 Å². The maximum atomic E-state index is 11.7. The summed E-state index contributed by atoms with van der Waals surface area (Å²) in [6.07, 6.45) is 1.41. The lowest BCUT2D eigenvalue weighted by molar-refractivity contribution is -0.143. The van der Waals surface area contributed by atoms with E-state index in [0.29, 0.717) is 5.56 Å². The van der Waals surface area contributed by atoms with Crippen molar-refractivity contribution in [2.75, 3.05) is 12.3 Å². The zero-order valence-corrected chi connectivity index (χ0v) is 12.1. The first-order valence-electron chi connectivity index (χ1n) is 6.69. The molecule has 0 amide bonds. The van der Waals surface area contributed by atoms with Gasteiger partial charge >= 0.3 is 11.7 Å². The summed E-state index contributed by atoms with van der Waals surface area (Å²) in [5.41, 5.74) is 6.28. The minimum absolute atomic E-state index is 0.0357.